The maximum atomic E-state index is 13.3. The van der Waals surface area contributed by atoms with E-state index in [0.717, 1.165) is 10.6 Å². The molecule has 0 atom stereocenters. The summed E-state index contributed by atoms with van der Waals surface area (Å²) in [6.07, 6.45) is 1.97. The fraction of sp³-hybridized carbons (Fsp3) is 0.300. The van der Waals surface area contributed by atoms with E-state index in [-0.39, 0.29) is 11.5 Å². The molecule has 4 rings (SSSR count). The van der Waals surface area contributed by atoms with E-state index >= 15 is 0 Å². The van der Waals surface area contributed by atoms with Crippen LogP contribution >= 0.6 is 22.7 Å². The van der Waals surface area contributed by atoms with E-state index < -0.39 is 20.6 Å². The first-order chi connectivity index (χ1) is 13.5. The lowest BCUT2D eigenvalue weighted by molar-refractivity contribution is -0.148. The molecule has 28 heavy (non-hydrogen) atoms. The highest BCUT2D eigenvalue weighted by molar-refractivity contribution is 7.93. The maximum absolute atomic E-state index is 13.3. The molecule has 5 nitrogen and oxygen atoms in total. The summed E-state index contributed by atoms with van der Waals surface area (Å²) in [7, 11) is -3.83. The van der Waals surface area contributed by atoms with E-state index in [2.05, 4.69) is 4.98 Å². The number of carbonyl (C=O) groups is 1. The van der Waals surface area contributed by atoms with Gasteiger partial charge in [0.05, 0.1) is 10.6 Å². The van der Waals surface area contributed by atoms with Crippen molar-refractivity contribution in [3.63, 3.8) is 0 Å². The third kappa shape index (κ3) is 3.40. The van der Waals surface area contributed by atoms with Crippen molar-refractivity contribution in [2.75, 3.05) is 0 Å². The molecule has 1 aromatic carbocycles. The van der Waals surface area contributed by atoms with Gasteiger partial charge >= 0.3 is 5.97 Å². The van der Waals surface area contributed by atoms with E-state index in [9.17, 15) is 13.2 Å². The van der Waals surface area contributed by atoms with Gasteiger partial charge in [0, 0.05) is 16.3 Å². The lowest BCUT2D eigenvalue weighted by Gasteiger charge is -2.26. The van der Waals surface area contributed by atoms with Crippen LogP contribution in [0.4, 0.5) is 0 Å². The van der Waals surface area contributed by atoms with Gasteiger partial charge in [-0.15, -0.1) is 11.3 Å². The number of benzene rings is 1. The van der Waals surface area contributed by atoms with E-state index in [0.29, 0.717) is 31.4 Å². The molecule has 2 aromatic heterocycles. The van der Waals surface area contributed by atoms with Gasteiger partial charge in [0.2, 0.25) is 0 Å². The lowest BCUT2D eigenvalue weighted by atomic mass is 10.1. The highest BCUT2D eigenvalue weighted by Crippen LogP contribution is 2.41. The molecular formula is C20H19NO4S3. The Hall–Kier alpha value is -2.03. The Labute approximate surface area is 171 Å². The molecule has 0 radical (unpaired) electrons. The number of nitrogens with zero attached hydrogens (tertiary/aromatic N) is 1. The van der Waals surface area contributed by atoms with Crippen LogP contribution in [0.2, 0.25) is 0 Å². The summed E-state index contributed by atoms with van der Waals surface area (Å²) in [6, 6.07) is 10.2. The minimum atomic E-state index is -3.83. The van der Waals surface area contributed by atoms with Crippen LogP contribution in [-0.2, 0) is 26.0 Å². The molecule has 1 aliphatic carbocycles. The van der Waals surface area contributed by atoms with Gasteiger partial charge < -0.3 is 4.74 Å². The molecular weight excluding hydrogens is 414 g/mol. The molecule has 146 valence electrons. The molecule has 0 aliphatic heterocycles. The quantitative estimate of drug-likeness (QED) is 0.527. The zero-order valence-corrected chi connectivity index (χ0v) is 17.5. The number of carbonyl (C=O) groups excluding carboxylic acids is 1. The normalized spacial score (nSPS) is 16.1. The molecule has 0 spiro atoms. The van der Waals surface area contributed by atoms with Crippen LogP contribution in [0.5, 0.6) is 0 Å². The maximum Gasteiger partial charge on any atom is 0.328 e. The monoisotopic (exact) mass is 433 g/mol. The molecule has 1 saturated carbocycles. The molecule has 3 aromatic rings. The van der Waals surface area contributed by atoms with Crippen LogP contribution in [0.15, 0.2) is 57.4 Å². The highest BCUT2D eigenvalue weighted by atomic mass is 32.2. The van der Waals surface area contributed by atoms with E-state index in [1.807, 2.05) is 22.2 Å². The Morgan fingerprint density at radius 1 is 1.11 bits per heavy atom. The van der Waals surface area contributed by atoms with Crippen molar-refractivity contribution in [2.24, 2.45) is 0 Å². The zero-order valence-electron chi connectivity index (χ0n) is 15.0. The molecule has 0 bridgehead atoms. The molecule has 0 amide bonds. The standard InChI is InChI=1S/C20H19NO4S3/c22-19(25-12-16-14-27-18(21-16)15-8-11-26-13-15)20(9-4-5-10-20)28(23,24)17-6-2-1-3-7-17/h1-3,6-8,11,13-14H,4-5,9-10,12H2. The zero-order chi connectivity index (χ0) is 19.6. The Bertz CT molecular complexity index is 1050. The predicted molar refractivity (Wildman–Crippen MR) is 110 cm³/mol. The summed E-state index contributed by atoms with van der Waals surface area (Å²) in [5.41, 5.74) is 1.66. The number of thiazole rings is 1. The number of thiophene rings is 1. The number of hydrogen-bond donors (Lipinski definition) is 0. The third-order valence-corrected chi connectivity index (χ3v) is 9.14. The molecule has 0 unspecified atom stereocenters. The fourth-order valence-corrected chi connectivity index (χ4v) is 7.10. The van der Waals surface area contributed by atoms with Crippen molar-refractivity contribution in [2.45, 2.75) is 41.9 Å². The second-order valence-corrected chi connectivity index (χ2v) is 10.6. The van der Waals surface area contributed by atoms with Crippen LogP contribution < -0.4 is 0 Å². The molecule has 0 N–H and O–H groups in total. The largest absolute Gasteiger partial charge is 0.458 e. The Kier molecular flexibility index (Phi) is 5.35. The summed E-state index contributed by atoms with van der Waals surface area (Å²) in [5, 5.41) is 6.69. The van der Waals surface area contributed by atoms with Crippen molar-refractivity contribution in [3.05, 3.63) is 58.2 Å². The highest BCUT2D eigenvalue weighted by Gasteiger charge is 2.54. The van der Waals surface area contributed by atoms with Crippen LogP contribution in [0, 0.1) is 0 Å². The summed E-state index contributed by atoms with van der Waals surface area (Å²) in [4.78, 5) is 17.6. The number of hydrogen-bond acceptors (Lipinski definition) is 7. The van der Waals surface area contributed by atoms with Crippen molar-refractivity contribution < 1.29 is 17.9 Å². The predicted octanol–water partition coefficient (Wildman–Crippen LogP) is 4.70. The topological polar surface area (TPSA) is 73.3 Å². The first kappa shape index (κ1) is 19.3. The smallest absolute Gasteiger partial charge is 0.328 e. The van der Waals surface area contributed by atoms with Crippen molar-refractivity contribution in [3.8, 4) is 10.6 Å². The SMILES string of the molecule is O=C(OCc1csc(-c2ccsc2)n1)C1(S(=O)(=O)c2ccccc2)CCCC1. The fourth-order valence-electron chi connectivity index (χ4n) is 3.52. The van der Waals surface area contributed by atoms with Gasteiger partial charge in [-0.3, -0.25) is 4.79 Å². The Balaban J connectivity index is 1.53. The van der Waals surface area contributed by atoms with Gasteiger partial charge in [-0.2, -0.15) is 11.3 Å². The minimum Gasteiger partial charge on any atom is -0.458 e. The van der Waals surface area contributed by atoms with Gasteiger partial charge in [0.25, 0.3) is 0 Å². The lowest BCUT2D eigenvalue weighted by Crippen LogP contribution is -2.45. The van der Waals surface area contributed by atoms with E-state index in [4.69, 9.17) is 4.74 Å². The van der Waals surface area contributed by atoms with Crippen molar-refractivity contribution >= 4 is 38.5 Å². The second kappa shape index (κ2) is 7.77. The minimum absolute atomic E-state index is 0.0223. The molecule has 2 heterocycles. The first-order valence-electron chi connectivity index (χ1n) is 8.97. The van der Waals surface area contributed by atoms with E-state index in [1.165, 1.54) is 23.5 Å². The Morgan fingerprint density at radius 2 is 1.86 bits per heavy atom. The summed E-state index contributed by atoms with van der Waals surface area (Å²) < 4.78 is 30.5. The molecule has 1 aliphatic rings. The van der Waals surface area contributed by atoms with Crippen LogP contribution in [0.1, 0.15) is 31.4 Å². The summed E-state index contributed by atoms with van der Waals surface area (Å²) in [5.74, 6) is -0.668. The van der Waals surface area contributed by atoms with Gasteiger partial charge in [-0.1, -0.05) is 31.0 Å². The second-order valence-electron chi connectivity index (χ2n) is 6.75. The third-order valence-electron chi connectivity index (χ3n) is 5.02. The average molecular weight is 434 g/mol. The number of sulfone groups is 1. The van der Waals surface area contributed by atoms with Gasteiger partial charge in [-0.05, 0) is 36.4 Å². The van der Waals surface area contributed by atoms with Crippen molar-refractivity contribution in [1.82, 2.24) is 4.98 Å². The number of ether oxygens (including phenoxy) is 1. The van der Waals surface area contributed by atoms with E-state index in [1.54, 1.807) is 29.5 Å². The van der Waals surface area contributed by atoms with Crippen LogP contribution in [0.25, 0.3) is 10.6 Å². The summed E-state index contributed by atoms with van der Waals surface area (Å²) in [6.45, 7) is -0.0223. The number of aromatic nitrogens is 1. The molecule has 8 heteroatoms. The van der Waals surface area contributed by atoms with Crippen LogP contribution in [0.3, 0.4) is 0 Å². The summed E-state index contributed by atoms with van der Waals surface area (Å²) >= 11 is 3.07. The number of esters is 1. The molecule has 1 fully saturated rings. The Morgan fingerprint density at radius 3 is 2.54 bits per heavy atom. The first-order valence-corrected chi connectivity index (χ1v) is 12.3. The van der Waals surface area contributed by atoms with Gasteiger partial charge in [0.15, 0.2) is 14.6 Å². The molecule has 0 saturated heterocycles. The van der Waals surface area contributed by atoms with Gasteiger partial charge in [0.1, 0.15) is 11.6 Å². The van der Waals surface area contributed by atoms with Gasteiger partial charge in [-0.25, -0.2) is 13.4 Å². The number of rotatable bonds is 6. The average Bonchev–Trinajstić information content (AvgIpc) is 3.48. The van der Waals surface area contributed by atoms with Crippen molar-refractivity contribution in [1.29, 1.82) is 0 Å². The van der Waals surface area contributed by atoms with Crippen LogP contribution in [-0.4, -0.2) is 24.1 Å².